The second-order valence-electron chi connectivity index (χ2n) is 4.73. The summed E-state index contributed by atoms with van der Waals surface area (Å²) in [6, 6.07) is 3.60. The van der Waals surface area contributed by atoms with E-state index < -0.39 is 0 Å². The van der Waals surface area contributed by atoms with Crippen molar-refractivity contribution in [2.45, 2.75) is 20.4 Å². The predicted octanol–water partition coefficient (Wildman–Crippen LogP) is 2.29. The lowest BCUT2D eigenvalue weighted by molar-refractivity contribution is 0.0970. The summed E-state index contributed by atoms with van der Waals surface area (Å²) in [6.45, 7) is 3.76. The molecule has 20 heavy (non-hydrogen) atoms. The molecule has 0 amide bonds. The SMILES string of the molecule is Cc1cc(C(=O)Cn2cnc3ccsc3c2=O)c(C)[nH]1. The van der Waals surface area contributed by atoms with Gasteiger partial charge in [-0.1, -0.05) is 0 Å². The van der Waals surface area contributed by atoms with Gasteiger partial charge in [0.15, 0.2) is 5.78 Å². The number of fused-ring (bicyclic) bond motifs is 1. The van der Waals surface area contributed by atoms with Gasteiger partial charge in [0.2, 0.25) is 0 Å². The van der Waals surface area contributed by atoms with Crippen LogP contribution in [0, 0.1) is 13.8 Å². The minimum atomic E-state index is -0.164. The molecule has 5 nitrogen and oxygen atoms in total. The van der Waals surface area contributed by atoms with E-state index in [1.54, 1.807) is 12.1 Å². The molecule has 6 heteroatoms. The third kappa shape index (κ3) is 2.08. The number of rotatable bonds is 3. The van der Waals surface area contributed by atoms with Crippen LogP contribution >= 0.6 is 11.3 Å². The molecule has 0 aromatic carbocycles. The summed E-state index contributed by atoms with van der Waals surface area (Å²) in [5.74, 6) is -0.0911. The van der Waals surface area contributed by atoms with Crippen LogP contribution in [0.25, 0.3) is 10.2 Å². The number of Topliss-reactive ketones (excluding diaryl/α,β-unsaturated/α-hetero) is 1. The molecule has 0 aliphatic heterocycles. The smallest absolute Gasteiger partial charge is 0.271 e. The lowest BCUT2D eigenvalue weighted by atomic mass is 10.1. The summed E-state index contributed by atoms with van der Waals surface area (Å²) < 4.78 is 1.95. The second-order valence-corrected chi connectivity index (χ2v) is 5.64. The van der Waals surface area contributed by atoms with Crippen molar-refractivity contribution in [3.63, 3.8) is 0 Å². The number of aryl methyl sites for hydroxylation is 2. The quantitative estimate of drug-likeness (QED) is 0.751. The van der Waals surface area contributed by atoms with E-state index in [1.807, 2.05) is 19.2 Å². The zero-order valence-corrected chi connectivity index (χ0v) is 12.0. The van der Waals surface area contributed by atoms with E-state index in [9.17, 15) is 9.59 Å². The van der Waals surface area contributed by atoms with E-state index in [4.69, 9.17) is 0 Å². The zero-order chi connectivity index (χ0) is 14.3. The molecule has 3 aromatic rings. The fourth-order valence-corrected chi connectivity index (χ4v) is 3.04. The fourth-order valence-electron chi connectivity index (χ4n) is 2.25. The summed E-state index contributed by atoms with van der Waals surface area (Å²) >= 11 is 1.34. The van der Waals surface area contributed by atoms with Gasteiger partial charge in [-0.05, 0) is 31.4 Å². The van der Waals surface area contributed by atoms with E-state index in [2.05, 4.69) is 9.97 Å². The molecule has 1 N–H and O–H groups in total. The number of aromatic amines is 1. The Morgan fingerprint density at radius 2 is 2.25 bits per heavy atom. The molecule has 0 spiro atoms. The van der Waals surface area contributed by atoms with Crippen molar-refractivity contribution >= 4 is 27.3 Å². The predicted molar refractivity (Wildman–Crippen MR) is 78.5 cm³/mol. The summed E-state index contributed by atoms with van der Waals surface area (Å²) in [5.41, 5.74) is 2.90. The van der Waals surface area contributed by atoms with Crippen molar-refractivity contribution in [1.29, 1.82) is 0 Å². The van der Waals surface area contributed by atoms with E-state index in [0.717, 1.165) is 11.4 Å². The Balaban J connectivity index is 1.97. The maximum atomic E-state index is 12.3. The van der Waals surface area contributed by atoms with Crippen LogP contribution in [0.3, 0.4) is 0 Å². The van der Waals surface area contributed by atoms with Crippen LogP contribution in [-0.2, 0) is 6.54 Å². The Bertz CT molecular complexity index is 857. The summed E-state index contributed by atoms with van der Waals surface area (Å²) in [7, 11) is 0. The van der Waals surface area contributed by atoms with Crippen molar-refractivity contribution in [2.24, 2.45) is 0 Å². The molecule has 3 rings (SSSR count). The van der Waals surface area contributed by atoms with Gasteiger partial charge in [0, 0.05) is 17.0 Å². The second kappa shape index (κ2) is 4.72. The number of hydrogen-bond donors (Lipinski definition) is 1. The van der Waals surface area contributed by atoms with Crippen molar-refractivity contribution in [3.8, 4) is 0 Å². The molecule has 0 unspecified atom stereocenters. The number of carbonyl (C=O) groups is 1. The monoisotopic (exact) mass is 287 g/mol. The van der Waals surface area contributed by atoms with Gasteiger partial charge in [-0.3, -0.25) is 14.2 Å². The number of H-pyrrole nitrogens is 1. The van der Waals surface area contributed by atoms with Gasteiger partial charge in [-0.15, -0.1) is 11.3 Å². The molecule has 0 saturated carbocycles. The van der Waals surface area contributed by atoms with E-state index in [0.29, 0.717) is 15.8 Å². The van der Waals surface area contributed by atoms with Gasteiger partial charge in [-0.2, -0.15) is 0 Å². The summed E-state index contributed by atoms with van der Waals surface area (Å²) in [6.07, 6.45) is 1.43. The first-order valence-corrected chi connectivity index (χ1v) is 7.06. The minimum Gasteiger partial charge on any atom is -0.362 e. The normalized spacial score (nSPS) is 11.1. The maximum absolute atomic E-state index is 12.3. The van der Waals surface area contributed by atoms with Gasteiger partial charge in [-0.25, -0.2) is 4.98 Å². The number of carbonyl (C=O) groups excluding carboxylic acids is 1. The van der Waals surface area contributed by atoms with Gasteiger partial charge in [0.1, 0.15) is 4.70 Å². The molecule has 0 radical (unpaired) electrons. The van der Waals surface area contributed by atoms with Crippen LogP contribution in [0.1, 0.15) is 21.7 Å². The largest absolute Gasteiger partial charge is 0.362 e. The minimum absolute atomic E-state index is 0.0117. The van der Waals surface area contributed by atoms with Crippen molar-refractivity contribution < 1.29 is 4.79 Å². The van der Waals surface area contributed by atoms with Crippen molar-refractivity contribution in [3.05, 3.63) is 51.1 Å². The average molecular weight is 287 g/mol. The molecule has 102 valence electrons. The number of ketones is 1. The van der Waals surface area contributed by atoms with E-state index in [1.165, 1.54) is 22.2 Å². The van der Waals surface area contributed by atoms with Crippen LogP contribution in [0.15, 0.2) is 28.6 Å². The van der Waals surface area contributed by atoms with Crippen molar-refractivity contribution in [1.82, 2.24) is 14.5 Å². The molecule has 0 bridgehead atoms. The summed E-state index contributed by atoms with van der Waals surface area (Å²) in [4.78, 5) is 31.8. The number of nitrogens with one attached hydrogen (secondary N) is 1. The average Bonchev–Trinajstić information content (AvgIpc) is 2.99. The number of aromatic nitrogens is 3. The Labute approximate surface area is 118 Å². The molecule has 0 aliphatic carbocycles. The highest BCUT2D eigenvalue weighted by Crippen LogP contribution is 2.14. The molecule has 0 saturated heterocycles. The van der Waals surface area contributed by atoms with Crippen molar-refractivity contribution in [2.75, 3.05) is 0 Å². The Kier molecular flexibility index (Phi) is 3.02. The van der Waals surface area contributed by atoms with Gasteiger partial charge >= 0.3 is 0 Å². The topological polar surface area (TPSA) is 67.8 Å². The molecule has 0 atom stereocenters. The molecule has 0 aliphatic rings. The fraction of sp³-hybridized carbons (Fsp3) is 0.214. The lowest BCUT2D eigenvalue weighted by Crippen LogP contribution is -2.24. The van der Waals surface area contributed by atoms with Crippen LogP contribution in [-0.4, -0.2) is 20.3 Å². The Morgan fingerprint density at radius 1 is 1.45 bits per heavy atom. The number of nitrogens with zero attached hydrogens (tertiary/aromatic N) is 2. The van der Waals surface area contributed by atoms with E-state index >= 15 is 0 Å². The Morgan fingerprint density at radius 3 is 2.95 bits per heavy atom. The highest BCUT2D eigenvalue weighted by atomic mass is 32.1. The molecule has 0 fully saturated rings. The first kappa shape index (κ1) is 12.8. The van der Waals surface area contributed by atoms with Crippen LogP contribution in [0.2, 0.25) is 0 Å². The molecular weight excluding hydrogens is 274 g/mol. The third-order valence-electron chi connectivity index (χ3n) is 3.20. The van der Waals surface area contributed by atoms with Gasteiger partial charge < -0.3 is 4.98 Å². The highest BCUT2D eigenvalue weighted by molar-refractivity contribution is 7.17. The molecule has 3 aromatic heterocycles. The highest BCUT2D eigenvalue weighted by Gasteiger charge is 2.14. The first-order valence-electron chi connectivity index (χ1n) is 6.18. The summed E-state index contributed by atoms with van der Waals surface area (Å²) in [5, 5.41) is 1.82. The Hall–Kier alpha value is -2.21. The van der Waals surface area contributed by atoms with Gasteiger partial charge in [0.25, 0.3) is 5.56 Å². The standard InChI is InChI=1S/C14H13N3O2S/c1-8-5-10(9(2)16-8)12(18)6-17-7-15-11-3-4-20-13(11)14(17)19/h3-5,7,16H,6H2,1-2H3. The van der Waals surface area contributed by atoms with Crippen LogP contribution in [0.4, 0.5) is 0 Å². The molecule has 3 heterocycles. The lowest BCUT2D eigenvalue weighted by Gasteiger charge is -2.04. The number of hydrogen-bond acceptors (Lipinski definition) is 4. The van der Waals surface area contributed by atoms with Crippen LogP contribution < -0.4 is 5.56 Å². The molecular formula is C14H13N3O2S. The van der Waals surface area contributed by atoms with Crippen LogP contribution in [0.5, 0.6) is 0 Å². The third-order valence-corrected chi connectivity index (χ3v) is 4.09. The van der Waals surface area contributed by atoms with E-state index in [-0.39, 0.29) is 17.9 Å². The number of thiophene rings is 1. The van der Waals surface area contributed by atoms with Gasteiger partial charge in [0.05, 0.1) is 18.4 Å². The first-order chi connectivity index (χ1) is 9.56. The maximum Gasteiger partial charge on any atom is 0.271 e. The zero-order valence-electron chi connectivity index (χ0n) is 11.1.